The molecule has 0 aliphatic heterocycles. The number of aliphatic hydroxyl groups is 1. The fraction of sp³-hybridized carbons (Fsp3) is 0.194. The highest BCUT2D eigenvalue weighted by molar-refractivity contribution is 9.10. The molecular formula is C31H32BrIN2O. The Morgan fingerprint density at radius 1 is 0.806 bits per heavy atom. The van der Waals surface area contributed by atoms with Gasteiger partial charge in [-0.2, -0.15) is 4.57 Å². The molecule has 0 fully saturated rings. The van der Waals surface area contributed by atoms with Gasteiger partial charge in [0.15, 0.2) is 0 Å². The van der Waals surface area contributed by atoms with Crippen molar-refractivity contribution < 1.29 is 33.7 Å². The number of nitrogens with zero attached hydrogens (tertiary/aromatic N) is 2. The lowest BCUT2D eigenvalue weighted by atomic mass is 9.99. The van der Waals surface area contributed by atoms with Gasteiger partial charge in [-0.05, 0) is 84.1 Å². The van der Waals surface area contributed by atoms with Crippen LogP contribution in [0.25, 0.3) is 34.5 Å². The maximum absolute atomic E-state index is 9.18. The fourth-order valence-electron chi connectivity index (χ4n) is 4.13. The van der Waals surface area contributed by atoms with Crippen molar-refractivity contribution in [1.82, 2.24) is 0 Å². The largest absolute Gasteiger partial charge is 1.00 e. The van der Waals surface area contributed by atoms with Gasteiger partial charge >= 0.3 is 0 Å². The number of pyridine rings is 1. The van der Waals surface area contributed by atoms with Gasteiger partial charge < -0.3 is 34.0 Å². The third-order valence-corrected chi connectivity index (χ3v) is 7.07. The highest BCUT2D eigenvalue weighted by atomic mass is 127. The molecule has 0 saturated heterocycles. The Kier molecular flexibility index (Phi) is 9.88. The van der Waals surface area contributed by atoms with Gasteiger partial charge in [-0.25, -0.2) is 0 Å². The molecule has 186 valence electrons. The molecule has 0 aliphatic carbocycles. The molecule has 1 aromatic heterocycles. The minimum absolute atomic E-state index is 0. The molecule has 0 bridgehead atoms. The summed E-state index contributed by atoms with van der Waals surface area (Å²) in [6.07, 6.45) is 4.33. The molecule has 3 nitrogen and oxygen atoms in total. The van der Waals surface area contributed by atoms with E-state index in [0.29, 0.717) is 6.54 Å². The second kappa shape index (κ2) is 12.7. The summed E-state index contributed by atoms with van der Waals surface area (Å²) in [5.74, 6) is 0. The summed E-state index contributed by atoms with van der Waals surface area (Å²) in [4.78, 5) is 2.05. The maximum Gasteiger partial charge on any atom is 0.213 e. The molecule has 4 rings (SSSR count). The number of hydrogen-bond donors (Lipinski definition) is 1. The summed E-state index contributed by atoms with van der Waals surface area (Å²) in [6, 6.07) is 28.1. The van der Waals surface area contributed by atoms with E-state index >= 15 is 0 Å². The van der Waals surface area contributed by atoms with Crippen molar-refractivity contribution in [2.75, 3.05) is 25.1 Å². The van der Waals surface area contributed by atoms with Gasteiger partial charge in [-0.15, -0.1) is 0 Å². The van der Waals surface area contributed by atoms with E-state index in [1.807, 2.05) is 11.9 Å². The van der Waals surface area contributed by atoms with Crippen LogP contribution >= 0.6 is 15.9 Å². The Morgan fingerprint density at radius 2 is 1.47 bits per heavy atom. The zero-order valence-corrected chi connectivity index (χ0v) is 24.9. The SMILES string of the molecule is Cc1ccc(-c2cc(-c3ccc(Br)cc3)cc(C=Cc3ccc(N(C)CCO)cc3)[n+]2C)cc1C.[I-]. The lowest BCUT2D eigenvalue weighted by Gasteiger charge is -2.17. The number of anilines is 1. The predicted octanol–water partition coefficient (Wildman–Crippen LogP) is 3.83. The van der Waals surface area contributed by atoms with Crippen LogP contribution in [0.15, 0.2) is 83.3 Å². The Labute approximate surface area is 240 Å². The summed E-state index contributed by atoms with van der Waals surface area (Å²) in [5.41, 5.74) is 10.7. The molecule has 36 heavy (non-hydrogen) atoms. The van der Waals surface area contributed by atoms with E-state index in [0.717, 1.165) is 21.4 Å². The molecule has 0 radical (unpaired) electrons. The van der Waals surface area contributed by atoms with Crippen LogP contribution < -0.4 is 33.4 Å². The Balaban J connectivity index is 0.00000361. The van der Waals surface area contributed by atoms with Gasteiger partial charge in [0.05, 0.1) is 6.61 Å². The molecule has 1 heterocycles. The van der Waals surface area contributed by atoms with Crippen LogP contribution in [0.2, 0.25) is 0 Å². The smallest absolute Gasteiger partial charge is 0.213 e. The normalized spacial score (nSPS) is 10.9. The van der Waals surface area contributed by atoms with E-state index in [9.17, 15) is 5.11 Å². The first kappa shape index (κ1) is 28.1. The first-order valence-corrected chi connectivity index (χ1v) is 12.6. The Morgan fingerprint density at radius 3 is 2.11 bits per heavy atom. The number of rotatable bonds is 7. The van der Waals surface area contributed by atoms with Crippen molar-refractivity contribution in [3.05, 3.63) is 106 Å². The van der Waals surface area contributed by atoms with Gasteiger partial charge in [0, 0.05) is 47.5 Å². The van der Waals surface area contributed by atoms with Crippen LogP contribution in [0.1, 0.15) is 22.4 Å². The van der Waals surface area contributed by atoms with Gasteiger partial charge in [0.1, 0.15) is 7.05 Å². The van der Waals surface area contributed by atoms with Gasteiger partial charge in [-0.3, -0.25) is 0 Å². The van der Waals surface area contributed by atoms with Crippen molar-refractivity contribution >= 4 is 33.8 Å². The topological polar surface area (TPSA) is 27.3 Å². The molecule has 1 N–H and O–H groups in total. The monoisotopic (exact) mass is 654 g/mol. The fourth-order valence-corrected chi connectivity index (χ4v) is 4.39. The number of aliphatic hydroxyl groups excluding tert-OH is 1. The van der Waals surface area contributed by atoms with E-state index < -0.39 is 0 Å². The van der Waals surface area contributed by atoms with E-state index in [1.54, 1.807) is 0 Å². The third-order valence-electron chi connectivity index (χ3n) is 6.54. The van der Waals surface area contributed by atoms with E-state index in [4.69, 9.17) is 0 Å². The van der Waals surface area contributed by atoms with Gasteiger partial charge in [0.25, 0.3) is 0 Å². The zero-order chi connectivity index (χ0) is 24.9. The van der Waals surface area contributed by atoms with Gasteiger partial charge in [-0.1, -0.05) is 46.3 Å². The minimum atomic E-state index is 0. The molecule has 0 amide bonds. The average Bonchev–Trinajstić information content (AvgIpc) is 2.86. The van der Waals surface area contributed by atoms with Crippen molar-refractivity contribution in [2.24, 2.45) is 7.05 Å². The zero-order valence-electron chi connectivity index (χ0n) is 21.2. The molecule has 4 aromatic rings. The summed E-state index contributed by atoms with van der Waals surface area (Å²) in [6.45, 7) is 5.08. The average molecular weight is 655 g/mol. The molecule has 0 unspecified atom stereocenters. The number of hydrogen-bond acceptors (Lipinski definition) is 2. The van der Waals surface area contributed by atoms with Crippen LogP contribution in [-0.4, -0.2) is 25.3 Å². The van der Waals surface area contributed by atoms with E-state index in [2.05, 4.69) is 132 Å². The minimum Gasteiger partial charge on any atom is -1.00 e. The first-order valence-electron chi connectivity index (χ1n) is 11.8. The number of likely N-dealkylation sites (N-methyl/N-ethyl adjacent to an activating group) is 1. The van der Waals surface area contributed by atoms with Crippen LogP contribution in [-0.2, 0) is 7.05 Å². The van der Waals surface area contributed by atoms with Gasteiger partial charge in [0.2, 0.25) is 11.4 Å². The summed E-state index contributed by atoms with van der Waals surface area (Å²) >= 11 is 3.55. The molecule has 0 atom stereocenters. The molecule has 5 heteroatoms. The number of aromatic nitrogens is 1. The van der Waals surface area contributed by atoms with Crippen LogP contribution in [0.5, 0.6) is 0 Å². The van der Waals surface area contributed by atoms with Crippen LogP contribution in [0.3, 0.4) is 0 Å². The number of benzene rings is 3. The van der Waals surface area contributed by atoms with E-state index in [1.165, 1.54) is 33.5 Å². The third kappa shape index (κ3) is 6.64. The Bertz CT molecular complexity index is 1350. The molecule has 3 aromatic carbocycles. The van der Waals surface area contributed by atoms with Crippen molar-refractivity contribution in [1.29, 1.82) is 0 Å². The Hall–Kier alpha value is -2.48. The summed E-state index contributed by atoms with van der Waals surface area (Å²) in [5, 5.41) is 9.18. The second-order valence-electron chi connectivity index (χ2n) is 8.99. The van der Waals surface area contributed by atoms with Crippen molar-refractivity contribution in [3.63, 3.8) is 0 Å². The molecule has 0 aliphatic rings. The van der Waals surface area contributed by atoms with Crippen molar-refractivity contribution in [2.45, 2.75) is 13.8 Å². The number of aryl methyl sites for hydroxylation is 2. The lowest BCUT2D eigenvalue weighted by Crippen LogP contribution is -3.00. The lowest BCUT2D eigenvalue weighted by molar-refractivity contribution is -0.662. The number of halogens is 2. The summed E-state index contributed by atoms with van der Waals surface area (Å²) in [7, 11) is 4.12. The molecular weight excluding hydrogens is 623 g/mol. The van der Waals surface area contributed by atoms with Crippen LogP contribution in [0, 0.1) is 13.8 Å². The predicted molar refractivity (Wildman–Crippen MR) is 151 cm³/mol. The second-order valence-corrected chi connectivity index (χ2v) is 9.90. The van der Waals surface area contributed by atoms with Crippen LogP contribution in [0.4, 0.5) is 5.69 Å². The summed E-state index contributed by atoms with van der Waals surface area (Å²) < 4.78 is 3.33. The first-order chi connectivity index (χ1) is 16.9. The standard InChI is InChI=1S/C31H32BrN2O.HI/c1-22-5-9-26(19-23(22)2)31-21-27(25-10-12-28(32)13-11-25)20-30(34(31)4)16-8-24-6-14-29(15-7-24)33(3)17-18-35;/h5-16,19-21,35H,17-18H2,1-4H3;1H/q+1;/p-1. The molecule has 0 spiro atoms. The highest BCUT2D eigenvalue weighted by Crippen LogP contribution is 2.28. The highest BCUT2D eigenvalue weighted by Gasteiger charge is 2.17. The molecule has 0 saturated carbocycles. The quantitative estimate of drug-likeness (QED) is 0.242. The van der Waals surface area contributed by atoms with Crippen molar-refractivity contribution in [3.8, 4) is 22.4 Å². The maximum atomic E-state index is 9.18. The van der Waals surface area contributed by atoms with E-state index in [-0.39, 0.29) is 30.6 Å².